The molecule has 0 heterocycles. The van der Waals surface area contributed by atoms with Crippen molar-refractivity contribution in [2.75, 3.05) is 26.9 Å². The van der Waals surface area contributed by atoms with E-state index in [-0.39, 0.29) is 0 Å². The average molecular weight is 269 g/mol. The highest BCUT2D eigenvalue weighted by Gasteiger charge is 2.54. The van der Waals surface area contributed by atoms with Crippen LogP contribution >= 0.6 is 0 Å². The van der Waals surface area contributed by atoms with E-state index in [2.05, 4.69) is 12.2 Å². The molecule has 0 radical (unpaired) electrons. The Hall–Kier alpha value is -0.120. The molecule has 1 N–H and O–H groups in total. The van der Waals surface area contributed by atoms with Crippen molar-refractivity contribution < 1.29 is 9.47 Å². The number of hydrogen-bond donors (Lipinski definition) is 1. The van der Waals surface area contributed by atoms with Gasteiger partial charge in [0.25, 0.3) is 0 Å². The molecule has 3 heteroatoms. The molecule has 2 aliphatic carbocycles. The Bertz CT molecular complexity index is 249. The summed E-state index contributed by atoms with van der Waals surface area (Å²) in [5, 5.41) is 3.70. The van der Waals surface area contributed by atoms with Crippen LogP contribution in [0, 0.1) is 5.41 Å². The van der Waals surface area contributed by atoms with Crippen molar-refractivity contribution in [3.05, 3.63) is 0 Å². The van der Waals surface area contributed by atoms with Crippen LogP contribution in [0.1, 0.15) is 58.3 Å². The van der Waals surface area contributed by atoms with Crippen LogP contribution in [0.2, 0.25) is 0 Å². The summed E-state index contributed by atoms with van der Waals surface area (Å²) in [6, 6.07) is 0.697. The van der Waals surface area contributed by atoms with Gasteiger partial charge < -0.3 is 14.8 Å². The normalized spacial score (nSPS) is 30.0. The maximum Gasteiger partial charge on any atom is 0.0661 e. The van der Waals surface area contributed by atoms with Crippen LogP contribution in [-0.2, 0) is 9.47 Å². The zero-order valence-electron chi connectivity index (χ0n) is 12.7. The lowest BCUT2D eigenvalue weighted by molar-refractivity contribution is -0.145. The lowest BCUT2D eigenvalue weighted by Crippen LogP contribution is -2.63. The third-order valence-electron chi connectivity index (χ3n) is 5.08. The van der Waals surface area contributed by atoms with Crippen molar-refractivity contribution in [2.24, 2.45) is 5.41 Å². The standard InChI is InChI=1S/C16H31NO2/c1-3-17-14-13-15(19-12-8-11-18-2)16(14)9-6-4-5-7-10-16/h14-15,17H,3-13H2,1-2H3. The average Bonchev–Trinajstić information content (AvgIpc) is 2.69. The summed E-state index contributed by atoms with van der Waals surface area (Å²) in [5.74, 6) is 0. The van der Waals surface area contributed by atoms with Crippen LogP contribution in [0.4, 0.5) is 0 Å². The van der Waals surface area contributed by atoms with Gasteiger partial charge in [-0.3, -0.25) is 0 Å². The zero-order chi connectivity index (χ0) is 13.6. The predicted octanol–water partition coefficient (Wildman–Crippen LogP) is 3.13. The first kappa shape index (κ1) is 15.3. The Morgan fingerprint density at radius 3 is 2.47 bits per heavy atom. The first-order valence-electron chi connectivity index (χ1n) is 8.17. The lowest BCUT2D eigenvalue weighted by Gasteiger charge is -2.56. The molecule has 2 fully saturated rings. The van der Waals surface area contributed by atoms with Crippen molar-refractivity contribution in [2.45, 2.75) is 70.4 Å². The molecular weight excluding hydrogens is 238 g/mol. The van der Waals surface area contributed by atoms with Crippen molar-refractivity contribution >= 4 is 0 Å². The third-order valence-corrected chi connectivity index (χ3v) is 5.08. The predicted molar refractivity (Wildman–Crippen MR) is 78.4 cm³/mol. The van der Waals surface area contributed by atoms with Crippen LogP contribution in [0.5, 0.6) is 0 Å². The molecule has 2 saturated carbocycles. The van der Waals surface area contributed by atoms with Crippen LogP contribution < -0.4 is 5.32 Å². The second-order valence-electron chi connectivity index (χ2n) is 6.20. The Morgan fingerprint density at radius 2 is 1.84 bits per heavy atom. The Morgan fingerprint density at radius 1 is 1.11 bits per heavy atom. The molecule has 19 heavy (non-hydrogen) atoms. The van der Waals surface area contributed by atoms with Gasteiger partial charge in [0.05, 0.1) is 6.10 Å². The Balaban J connectivity index is 1.87. The molecular formula is C16H31NO2. The zero-order valence-corrected chi connectivity index (χ0v) is 12.7. The molecule has 0 bridgehead atoms. The molecule has 0 aromatic rings. The summed E-state index contributed by atoms with van der Waals surface area (Å²) >= 11 is 0. The highest BCUT2D eigenvalue weighted by atomic mass is 16.5. The molecule has 112 valence electrons. The van der Waals surface area contributed by atoms with E-state index < -0.39 is 0 Å². The summed E-state index contributed by atoms with van der Waals surface area (Å²) in [4.78, 5) is 0. The monoisotopic (exact) mass is 269 g/mol. The first-order chi connectivity index (χ1) is 9.33. The first-order valence-corrected chi connectivity index (χ1v) is 8.17. The number of hydrogen-bond acceptors (Lipinski definition) is 3. The topological polar surface area (TPSA) is 30.5 Å². The van der Waals surface area contributed by atoms with E-state index in [0.717, 1.165) is 26.2 Å². The highest BCUT2D eigenvalue weighted by Crippen LogP contribution is 2.52. The van der Waals surface area contributed by atoms with E-state index in [1.165, 1.54) is 44.9 Å². The number of rotatable bonds is 7. The highest BCUT2D eigenvalue weighted by molar-refractivity contribution is 5.08. The van der Waals surface area contributed by atoms with Crippen LogP contribution in [0.25, 0.3) is 0 Å². The summed E-state index contributed by atoms with van der Waals surface area (Å²) < 4.78 is 11.3. The van der Waals surface area contributed by atoms with Crippen LogP contribution in [0.15, 0.2) is 0 Å². The largest absolute Gasteiger partial charge is 0.385 e. The van der Waals surface area contributed by atoms with E-state index in [1.54, 1.807) is 7.11 Å². The minimum absolute atomic E-state index is 0.444. The third kappa shape index (κ3) is 3.50. The van der Waals surface area contributed by atoms with E-state index in [4.69, 9.17) is 9.47 Å². The number of methoxy groups -OCH3 is 1. The second kappa shape index (κ2) is 7.61. The molecule has 2 aliphatic rings. The maximum atomic E-state index is 6.19. The van der Waals surface area contributed by atoms with Gasteiger partial charge in [0.15, 0.2) is 0 Å². The van der Waals surface area contributed by atoms with Crippen molar-refractivity contribution in [3.8, 4) is 0 Å². The van der Waals surface area contributed by atoms with E-state index in [9.17, 15) is 0 Å². The Labute approximate surface area is 118 Å². The number of ether oxygens (including phenoxy) is 2. The molecule has 0 amide bonds. The fraction of sp³-hybridized carbons (Fsp3) is 1.00. The summed E-state index contributed by atoms with van der Waals surface area (Å²) in [7, 11) is 1.76. The Kier molecular flexibility index (Phi) is 6.11. The summed E-state index contributed by atoms with van der Waals surface area (Å²) in [6.07, 6.45) is 11.1. The van der Waals surface area contributed by atoms with Gasteiger partial charge in [-0.1, -0.05) is 32.6 Å². The fourth-order valence-corrected chi connectivity index (χ4v) is 4.00. The maximum absolute atomic E-state index is 6.19. The quantitative estimate of drug-likeness (QED) is 0.720. The van der Waals surface area contributed by atoms with Crippen molar-refractivity contribution in [3.63, 3.8) is 0 Å². The molecule has 1 spiro atoms. The van der Waals surface area contributed by atoms with Gasteiger partial charge in [-0.25, -0.2) is 0 Å². The molecule has 0 aromatic carbocycles. The smallest absolute Gasteiger partial charge is 0.0661 e. The van der Waals surface area contributed by atoms with Gasteiger partial charge in [-0.2, -0.15) is 0 Å². The molecule has 0 aromatic heterocycles. The van der Waals surface area contributed by atoms with E-state index >= 15 is 0 Å². The van der Waals surface area contributed by atoms with Crippen LogP contribution in [0.3, 0.4) is 0 Å². The summed E-state index contributed by atoms with van der Waals surface area (Å²) in [6.45, 7) is 4.98. The van der Waals surface area contributed by atoms with E-state index in [0.29, 0.717) is 17.6 Å². The van der Waals surface area contributed by atoms with Gasteiger partial charge in [-0.15, -0.1) is 0 Å². The summed E-state index contributed by atoms with van der Waals surface area (Å²) in [5.41, 5.74) is 0.444. The molecule has 2 rings (SSSR count). The van der Waals surface area contributed by atoms with Gasteiger partial charge in [0, 0.05) is 31.8 Å². The van der Waals surface area contributed by atoms with Crippen molar-refractivity contribution in [1.82, 2.24) is 5.32 Å². The van der Waals surface area contributed by atoms with Gasteiger partial charge >= 0.3 is 0 Å². The SMILES string of the molecule is CCNC1CC(OCCCOC)C12CCCCCC2. The molecule has 0 saturated heterocycles. The second-order valence-corrected chi connectivity index (χ2v) is 6.20. The van der Waals surface area contributed by atoms with Crippen LogP contribution in [-0.4, -0.2) is 39.0 Å². The molecule has 3 nitrogen and oxygen atoms in total. The molecule has 2 unspecified atom stereocenters. The van der Waals surface area contributed by atoms with Crippen molar-refractivity contribution in [1.29, 1.82) is 0 Å². The molecule has 0 aliphatic heterocycles. The van der Waals surface area contributed by atoms with E-state index in [1.807, 2.05) is 0 Å². The van der Waals surface area contributed by atoms with Gasteiger partial charge in [0.2, 0.25) is 0 Å². The number of nitrogens with one attached hydrogen (secondary N) is 1. The van der Waals surface area contributed by atoms with Gasteiger partial charge in [0.1, 0.15) is 0 Å². The molecule has 2 atom stereocenters. The van der Waals surface area contributed by atoms with Gasteiger partial charge in [-0.05, 0) is 32.2 Å². The minimum Gasteiger partial charge on any atom is -0.385 e. The lowest BCUT2D eigenvalue weighted by atomic mass is 9.57. The fourth-order valence-electron chi connectivity index (χ4n) is 4.00. The minimum atomic E-state index is 0.444.